The molecule has 2 rings (SSSR count). The molecule has 0 atom stereocenters. The van der Waals surface area contributed by atoms with Crippen LogP contribution in [0.5, 0.6) is 5.75 Å². The van der Waals surface area contributed by atoms with Gasteiger partial charge >= 0.3 is 0 Å². The van der Waals surface area contributed by atoms with Crippen LogP contribution in [-0.4, -0.2) is 10.3 Å². The molecule has 5 heteroatoms. The Labute approximate surface area is 88.5 Å². The molecule has 2 aromatic rings. The molecule has 0 spiro atoms. The minimum atomic E-state index is 0.137. The van der Waals surface area contributed by atoms with Gasteiger partial charge in [0.15, 0.2) is 5.76 Å². The fourth-order valence-electron chi connectivity index (χ4n) is 1.15. The number of rotatable bonds is 1. The quantitative estimate of drug-likeness (QED) is 0.820. The van der Waals surface area contributed by atoms with Crippen LogP contribution in [0, 0.1) is 0 Å². The lowest BCUT2D eigenvalue weighted by atomic mass is 10.1. The van der Waals surface area contributed by atoms with Crippen molar-refractivity contribution in [1.82, 2.24) is 5.16 Å². The molecule has 0 unspecified atom stereocenters. The predicted molar refractivity (Wildman–Crippen MR) is 55.7 cm³/mol. The third kappa shape index (κ3) is 1.35. The van der Waals surface area contributed by atoms with Crippen LogP contribution < -0.4 is 5.73 Å². The Balaban J connectivity index is 2.63. The molecule has 0 aliphatic rings. The Morgan fingerprint density at radius 1 is 1.43 bits per heavy atom. The van der Waals surface area contributed by atoms with Crippen LogP contribution in [0.1, 0.15) is 0 Å². The van der Waals surface area contributed by atoms with Gasteiger partial charge in [-0.3, -0.25) is 0 Å². The summed E-state index contributed by atoms with van der Waals surface area (Å²) in [6, 6.07) is 5.05. The second-order valence-corrected chi connectivity index (χ2v) is 3.54. The zero-order chi connectivity index (χ0) is 10.1. The maximum absolute atomic E-state index is 9.44. The lowest BCUT2D eigenvalue weighted by Gasteiger charge is -2.02. The minimum absolute atomic E-state index is 0.137. The first-order valence-corrected chi connectivity index (χ1v) is 4.67. The maximum Gasteiger partial charge on any atom is 0.190 e. The van der Waals surface area contributed by atoms with Gasteiger partial charge in [-0.1, -0.05) is 11.2 Å². The van der Waals surface area contributed by atoms with Crippen LogP contribution in [0.4, 0.5) is 5.69 Å². The number of aromatic nitrogens is 1. The van der Waals surface area contributed by atoms with Crippen molar-refractivity contribution < 1.29 is 9.63 Å². The van der Waals surface area contributed by atoms with Gasteiger partial charge in [-0.2, -0.15) is 0 Å². The molecule has 0 amide bonds. The van der Waals surface area contributed by atoms with E-state index in [0.29, 0.717) is 21.5 Å². The van der Waals surface area contributed by atoms with Crippen molar-refractivity contribution in [1.29, 1.82) is 0 Å². The molecule has 14 heavy (non-hydrogen) atoms. The SMILES string of the molecule is Nc1cnoc1-c1cccc(O)c1Br. The molecular weight excluding hydrogens is 248 g/mol. The summed E-state index contributed by atoms with van der Waals surface area (Å²) in [5.74, 6) is 0.589. The molecule has 72 valence electrons. The van der Waals surface area contributed by atoms with Crippen molar-refractivity contribution in [2.24, 2.45) is 0 Å². The maximum atomic E-state index is 9.44. The highest BCUT2D eigenvalue weighted by Gasteiger charge is 2.13. The Hall–Kier alpha value is -1.49. The van der Waals surface area contributed by atoms with E-state index < -0.39 is 0 Å². The van der Waals surface area contributed by atoms with Gasteiger partial charge in [-0.05, 0) is 28.1 Å². The average molecular weight is 255 g/mol. The van der Waals surface area contributed by atoms with E-state index in [-0.39, 0.29) is 5.75 Å². The number of benzene rings is 1. The molecule has 1 heterocycles. The van der Waals surface area contributed by atoms with E-state index in [4.69, 9.17) is 10.3 Å². The summed E-state index contributed by atoms with van der Waals surface area (Å²) in [4.78, 5) is 0. The van der Waals surface area contributed by atoms with Gasteiger partial charge in [-0.15, -0.1) is 0 Å². The number of nitrogens with two attached hydrogens (primary N) is 1. The molecule has 1 aromatic carbocycles. The summed E-state index contributed by atoms with van der Waals surface area (Å²) in [5, 5.41) is 13.0. The Kier molecular flexibility index (Phi) is 2.17. The highest BCUT2D eigenvalue weighted by Crippen LogP contribution is 2.36. The first-order valence-electron chi connectivity index (χ1n) is 3.88. The molecule has 1 aromatic heterocycles. The number of phenolic OH excluding ortho intramolecular Hbond substituents is 1. The number of anilines is 1. The van der Waals surface area contributed by atoms with Gasteiger partial charge in [-0.25, -0.2) is 0 Å². The van der Waals surface area contributed by atoms with E-state index in [9.17, 15) is 5.11 Å². The first-order chi connectivity index (χ1) is 6.70. The minimum Gasteiger partial charge on any atom is -0.507 e. The molecule has 3 N–H and O–H groups in total. The van der Waals surface area contributed by atoms with Crippen LogP contribution in [0.2, 0.25) is 0 Å². The second kappa shape index (κ2) is 3.34. The number of nitrogens with zero attached hydrogens (tertiary/aromatic N) is 1. The van der Waals surface area contributed by atoms with E-state index >= 15 is 0 Å². The summed E-state index contributed by atoms with van der Waals surface area (Å²) in [6.45, 7) is 0. The van der Waals surface area contributed by atoms with Gasteiger partial charge < -0.3 is 15.4 Å². The number of halogens is 1. The predicted octanol–water partition coefficient (Wildman–Crippen LogP) is 2.39. The lowest BCUT2D eigenvalue weighted by Crippen LogP contribution is -1.85. The standard InChI is InChI=1S/C9H7BrN2O2/c10-8-5(2-1-3-7(8)13)9-6(11)4-12-14-9/h1-4,13H,11H2. The third-order valence-corrected chi connectivity index (χ3v) is 2.65. The molecule has 0 fully saturated rings. The molecule has 0 aliphatic heterocycles. The van der Waals surface area contributed by atoms with Crippen LogP contribution in [-0.2, 0) is 0 Å². The van der Waals surface area contributed by atoms with Crippen LogP contribution in [0.3, 0.4) is 0 Å². The fourth-order valence-corrected chi connectivity index (χ4v) is 1.59. The van der Waals surface area contributed by atoms with Crippen LogP contribution in [0.25, 0.3) is 11.3 Å². The van der Waals surface area contributed by atoms with E-state index in [1.54, 1.807) is 18.2 Å². The third-order valence-electron chi connectivity index (χ3n) is 1.82. The molecule has 0 bridgehead atoms. The summed E-state index contributed by atoms with van der Waals surface area (Å²) in [6.07, 6.45) is 1.42. The highest BCUT2D eigenvalue weighted by atomic mass is 79.9. The van der Waals surface area contributed by atoms with Gasteiger partial charge in [0, 0.05) is 5.56 Å². The van der Waals surface area contributed by atoms with Crippen molar-refractivity contribution >= 4 is 21.6 Å². The number of aromatic hydroxyl groups is 1. The van der Waals surface area contributed by atoms with Crippen molar-refractivity contribution in [3.05, 3.63) is 28.9 Å². The van der Waals surface area contributed by atoms with Crippen molar-refractivity contribution in [2.45, 2.75) is 0 Å². The van der Waals surface area contributed by atoms with E-state index in [1.165, 1.54) is 6.20 Å². The number of hydrogen-bond donors (Lipinski definition) is 2. The molecule has 4 nitrogen and oxygen atoms in total. The Morgan fingerprint density at radius 2 is 2.21 bits per heavy atom. The molecule has 0 aliphatic carbocycles. The van der Waals surface area contributed by atoms with Crippen molar-refractivity contribution in [3.8, 4) is 17.1 Å². The zero-order valence-corrected chi connectivity index (χ0v) is 8.65. The first kappa shape index (κ1) is 9.08. The molecule has 0 radical (unpaired) electrons. The largest absolute Gasteiger partial charge is 0.507 e. The molecule has 0 saturated heterocycles. The summed E-state index contributed by atoms with van der Waals surface area (Å²) in [5.41, 5.74) is 6.75. The van der Waals surface area contributed by atoms with Gasteiger partial charge in [0.25, 0.3) is 0 Å². The smallest absolute Gasteiger partial charge is 0.190 e. The molecular formula is C9H7BrN2O2. The van der Waals surface area contributed by atoms with Crippen molar-refractivity contribution in [2.75, 3.05) is 5.73 Å². The van der Waals surface area contributed by atoms with E-state index in [1.807, 2.05) is 0 Å². The fraction of sp³-hybridized carbons (Fsp3) is 0. The number of hydrogen-bond acceptors (Lipinski definition) is 4. The zero-order valence-electron chi connectivity index (χ0n) is 7.07. The van der Waals surface area contributed by atoms with Gasteiger partial charge in [0.2, 0.25) is 0 Å². The normalized spacial score (nSPS) is 10.4. The number of nitrogen functional groups attached to an aromatic ring is 1. The van der Waals surface area contributed by atoms with E-state index in [2.05, 4.69) is 21.1 Å². The van der Waals surface area contributed by atoms with E-state index in [0.717, 1.165) is 0 Å². The Morgan fingerprint density at radius 3 is 2.86 bits per heavy atom. The van der Waals surface area contributed by atoms with Gasteiger partial charge in [0.1, 0.15) is 11.4 Å². The summed E-state index contributed by atoms with van der Waals surface area (Å²) >= 11 is 3.24. The van der Waals surface area contributed by atoms with Gasteiger partial charge in [0.05, 0.1) is 10.7 Å². The topological polar surface area (TPSA) is 72.3 Å². The Bertz CT molecular complexity index is 468. The monoisotopic (exact) mass is 254 g/mol. The highest BCUT2D eigenvalue weighted by molar-refractivity contribution is 9.10. The molecule has 0 saturated carbocycles. The second-order valence-electron chi connectivity index (χ2n) is 2.75. The van der Waals surface area contributed by atoms with Crippen LogP contribution >= 0.6 is 15.9 Å². The summed E-state index contributed by atoms with van der Waals surface area (Å²) < 4.78 is 5.51. The summed E-state index contributed by atoms with van der Waals surface area (Å²) in [7, 11) is 0. The lowest BCUT2D eigenvalue weighted by molar-refractivity contribution is 0.431. The van der Waals surface area contributed by atoms with Crippen LogP contribution in [0.15, 0.2) is 33.4 Å². The average Bonchev–Trinajstić information content (AvgIpc) is 2.57. The van der Waals surface area contributed by atoms with Crippen molar-refractivity contribution in [3.63, 3.8) is 0 Å². The number of phenols is 1.